The molecule has 2 rings (SSSR count). The molecule has 17 heavy (non-hydrogen) atoms. The van der Waals surface area contributed by atoms with E-state index in [1.807, 2.05) is 17.9 Å². The Hall–Kier alpha value is -1.30. The molecule has 0 atom stereocenters. The van der Waals surface area contributed by atoms with Crippen LogP contribution in [0.4, 0.5) is 11.5 Å². The van der Waals surface area contributed by atoms with E-state index in [2.05, 4.69) is 4.98 Å². The minimum Gasteiger partial charge on any atom is -0.396 e. The second-order valence-electron chi connectivity index (χ2n) is 4.42. The maximum atomic E-state index is 11.5. The topological polar surface area (TPSA) is 76.3 Å². The Labute approximate surface area is 102 Å². The lowest BCUT2D eigenvalue weighted by Crippen LogP contribution is -2.28. The van der Waals surface area contributed by atoms with E-state index in [1.54, 1.807) is 6.20 Å². The summed E-state index contributed by atoms with van der Waals surface area (Å²) in [5, 5.41) is 0. The number of aromatic nitrogens is 1. The maximum Gasteiger partial charge on any atom is 0.152 e. The molecular formula is C11H17N3O2S. The van der Waals surface area contributed by atoms with Crippen LogP contribution in [0, 0.1) is 6.92 Å². The molecule has 94 valence electrons. The first-order chi connectivity index (χ1) is 7.98. The molecule has 0 radical (unpaired) electrons. The van der Waals surface area contributed by atoms with Crippen LogP contribution in [0.3, 0.4) is 0 Å². The molecule has 0 unspecified atom stereocenters. The van der Waals surface area contributed by atoms with Gasteiger partial charge in [0.15, 0.2) is 15.7 Å². The van der Waals surface area contributed by atoms with E-state index in [9.17, 15) is 8.42 Å². The number of hydrogen-bond acceptors (Lipinski definition) is 5. The monoisotopic (exact) mass is 255 g/mol. The van der Waals surface area contributed by atoms with E-state index in [4.69, 9.17) is 5.73 Å². The van der Waals surface area contributed by atoms with Gasteiger partial charge >= 0.3 is 0 Å². The van der Waals surface area contributed by atoms with Gasteiger partial charge in [-0.1, -0.05) is 0 Å². The zero-order valence-electron chi connectivity index (χ0n) is 9.89. The van der Waals surface area contributed by atoms with Crippen LogP contribution in [0.2, 0.25) is 0 Å². The minimum absolute atomic E-state index is 0.183. The number of anilines is 2. The molecule has 1 saturated heterocycles. The van der Waals surface area contributed by atoms with Crippen molar-refractivity contribution in [3.05, 3.63) is 17.8 Å². The van der Waals surface area contributed by atoms with Crippen molar-refractivity contribution in [2.24, 2.45) is 0 Å². The molecule has 0 bridgehead atoms. The second kappa shape index (κ2) is 4.52. The molecule has 6 heteroatoms. The highest BCUT2D eigenvalue weighted by molar-refractivity contribution is 7.91. The fourth-order valence-electron chi connectivity index (χ4n) is 2.00. The van der Waals surface area contributed by atoms with Gasteiger partial charge in [0.05, 0.1) is 17.2 Å². The highest BCUT2D eigenvalue weighted by Gasteiger charge is 2.21. The highest BCUT2D eigenvalue weighted by Crippen LogP contribution is 2.22. The van der Waals surface area contributed by atoms with Crippen molar-refractivity contribution in [3.8, 4) is 0 Å². The lowest BCUT2D eigenvalue weighted by atomic mass is 10.2. The molecule has 1 aromatic heterocycles. The van der Waals surface area contributed by atoms with E-state index >= 15 is 0 Å². The van der Waals surface area contributed by atoms with Gasteiger partial charge in [-0.05, 0) is 25.0 Å². The lowest BCUT2D eigenvalue weighted by molar-refractivity contribution is 0.597. The van der Waals surface area contributed by atoms with Gasteiger partial charge in [-0.25, -0.2) is 13.4 Å². The van der Waals surface area contributed by atoms with Crippen molar-refractivity contribution in [2.75, 3.05) is 35.2 Å². The quantitative estimate of drug-likeness (QED) is 0.795. The summed E-state index contributed by atoms with van der Waals surface area (Å²) < 4.78 is 23.0. The van der Waals surface area contributed by atoms with Crippen molar-refractivity contribution in [1.82, 2.24) is 4.98 Å². The SMILES string of the molecule is Cc1cnc(N2CCCS(=O)(=O)CC2)c(N)c1. The standard InChI is InChI=1S/C11H17N3O2S/c1-9-7-10(12)11(13-8-9)14-3-2-5-17(15,16)6-4-14/h7-8H,2-6,12H2,1H3. The Morgan fingerprint density at radius 2 is 2.12 bits per heavy atom. The summed E-state index contributed by atoms with van der Waals surface area (Å²) in [6.07, 6.45) is 2.39. The van der Waals surface area contributed by atoms with Crippen LogP contribution in [0.25, 0.3) is 0 Å². The van der Waals surface area contributed by atoms with Crippen LogP contribution in [-0.4, -0.2) is 38.0 Å². The predicted molar refractivity (Wildman–Crippen MR) is 68.9 cm³/mol. The minimum atomic E-state index is -2.89. The number of sulfone groups is 1. The molecule has 0 aliphatic carbocycles. The molecule has 1 aliphatic rings. The lowest BCUT2D eigenvalue weighted by Gasteiger charge is -2.22. The van der Waals surface area contributed by atoms with Crippen LogP contribution >= 0.6 is 0 Å². The summed E-state index contributed by atoms with van der Waals surface area (Å²) in [6, 6.07) is 1.86. The van der Waals surface area contributed by atoms with Gasteiger partial charge in [-0.2, -0.15) is 0 Å². The summed E-state index contributed by atoms with van der Waals surface area (Å²) in [5.74, 6) is 1.14. The smallest absolute Gasteiger partial charge is 0.152 e. The first-order valence-electron chi connectivity index (χ1n) is 5.65. The van der Waals surface area contributed by atoms with Gasteiger partial charge in [-0.15, -0.1) is 0 Å². The molecule has 0 amide bonds. The molecule has 0 spiro atoms. The van der Waals surface area contributed by atoms with Crippen molar-refractivity contribution in [2.45, 2.75) is 13.3 Å². The van der Waals surface area contributed by atoms with Crippen molar-refractivity contribution in [1.29, 1.82) is 0 Å². The summed E-state index contributed by atoms with van der Waals surface area (Å²) in [4.78, 5) is 6.25. The first kappa shape index (κ1) is 12.2. The van der Waals surface area contributed by atoms with E-state index in [-0.39, 0.29) is 11.5 Å². The molecule has 1 aliphatic heterocycles. The number of hydrogen-bond donors (Lipinski definition) is 1. The average molecular weight is 255 g/mol. The van der Waals surface area contributed by atoms with E-state index in [0.29, 0.717) is 31.0 Å². The molecular weight excluding hydrogens is 238 g/mol. The average Bonchev–Trinajstić information content (AvgIpc) is 2.40. The Morgan fingerprint density at radius 3 is 2.82 bits per heavy atom. The normalized spacial score (nSPS) is 19.9. The Bertz CT molecular complexity index is 513. The Balaban J connectivity index is 2.23. The van der Waals surface area contributed by atoms with Crippen LogP contribution < -0.4 is 10.6 Å². The van der Waals surface area contributed by atoms with Gasteiger partial charge in [0.1, 0.15) is 0 Å². The van der Waals surface area contributed by atoms with E-state index < -0.39 is 9.84 Å². The Kier molecular flexibility index (Phi) is 3.24. The second-order valence-corrected chi connectivity index (χ2v) is 6.72. The number of rotatable bonds is 1. The molecule has 0 saturated carbocycles. The van der Waals surface area contributed by atoms with Gasteiger partial charge in [0.2, 0.25) is 0 Å². The summed E-state index contributed by atoms with van der Waals surface area (Å²) in [7, 11) is -2.89. The third-order valence-corrected chi connectivity index (χ3v) is 4.60. The third-order valence-electron chi connectivity index (χ3n) is 2.89. The van der Waals surface area contributed by atoms with Crippen molar-refractivity contribution < 1.29 is 8.42 Å². The number of nitrogens with zero attached hydrogens (tertiary/aromatic N) is 2. The van der Waals surface area contributed by atoms with Crippen molar-refractivity contribution >= 4 is 21.3 Å². The third kappa shape index (κ3) is 2.88. The summed E-state index contributed by atoms with van der Waals surface area (Å²) in [6.45, 7) is 3.10. The van der Waals surface area contributed by atoms with E-state index in [1.165, 1.54) is 0 Å². The molecule has 2 N–H and O–H groups in total. The Morgan fingerprint density at radius 1 is 1.35 bits per heavy atom. The van der Waals surface area contributed by atoms with Crippen LogP contribution in [0.15, 0.2) is 12.3 Å². The van der Waals surface area contributed by atoms with Gasteiger partial charge < -0.3 is 10.6 Å². The molecule has 1 fully saturated rings. The van der Waals surface area contributed by atoms with E-state index in [0.717, 1.165) is 5.56 Å². The molecule has 1 aromatic rings. The molecule has 5 nitrogen and oxygen atoms in total. The van der Waals surface area contributed by atoms with Crippen molar-refractivity contribution in [3.63, 3.8) is 0 Å². The number of nitrogens with two attached hydrogens (primary N) is 1. The van der Waals surface area contributed by atoms with Gasteiger partial charge in [-0.3, -0.25) is 0 Å². The van der Waals surface area contributed by atoms with Gasteiger partial charge in [0.25, 0.3) is 0 Å². The fraction of sp³-hybridized carbons (Fsp3) is 0.545. The largest absolute Gasteiger partial charge is 0.396 e. The number of nitrogen functional groups attached to an aromatic ring is 1. The fourth-order valence-corrected chi connectivity index (χ4v) is 3.27. The van der Waals surface area contributed by atoms with Gasteiger partial charge in [0, 0.05) is 19.3 Å². The number of pyridine rings is 1. The highest BCUT2D eigenvalue weighted by atomic mass is 32.2. The van der Waals surface area contributed by atoms with Crippen LogP contribution in [0.1, 0.15) is 12.0 Å². The molecule has 0 aromatic carbocycles. The van der Waals surface area contributed by atoms with Crippen LogP contribution in [0.5, 0.6) is 0 Å². The summed E-state index contributed by atoms with van der Waals surface area (Å²) in [5.41, 5.74) is 7.54. The predicted octanol–water partition coefficient (Wildman–Crippen LogP) is 0.597. The first-order valence-corrected chi connectivity index (χ1v) is 7.47. The number of aryl methyl sites for hydroxylation is 1. The zero-order chi connectivity index (χ0) is 12.5. The summed E-state index contributed by atoms with van der Waals surface area (Å²) >= 11 is 0. The molecule has 2 heterocycles. The van der Waals surface area contributed by atoms with Crippen LogP contribution in [-0.2, 0) is 9.84 Å². The zero-order valence-corrected chi connectivity index (χ0v) is 10.7. The maximum absolute atomic E-state index is 11.5.